The zero-order valence-electron chi connectivity index (χ0n) is 9.99. The van der Waals surface area contributed by atoms with Crippen LogP contribution in [0.2, 0.25) is 0 Å². The first-order valence-electron chi connectivity index (χ1n) is 6.39. The summed E-state index contributed by atoms with van der Waals surface area (Å²) < 4.78 is 0. The summed E-state index contributed by atoms with van der Waals surface area (Å²) in [6.07, 6.45) is 9.41. The van der Waals surface area contributed by atoms with Crippen molar-refractivity contribution in [2.75, 3.05) is 0 Å². The summed E-state index contributed by atoms with van der Waals surface area (Å²) in [6.45, 7) is 2.29. The summed E-state index contributed by atoms with van der Waals surface area (Å²) in [6, 6.07) is 0.469. The van der Waals surface area contributed by atoms with Crippen LogP contribution in [0.5, 0.6) is 0 Å². The molecule has 3 N–H and O–H groups in total. The highest BCUT2D eigenvalue weighted by molar-refractivity contribution is 5.81. The number of hydrogen-bond acceptors (Lipinski definition) is 2. The van der Waals surface area contributed by atoms with Gasteiger partial charge in [0.1, 0.15) is 0 Å². The molecule has 0 aromatic heterocycles. The van der Waals surface area contributed by atoms with Gasteiger partial charge in [-0.2, -0.15) is 0 Å². The van der Waals surface area contributed by atoms with Crippen molar-refractivity contribution in [3.63, 3.8) is 0 Å². The molecule has 0 heterocycles. The first kappa shape index (κ1) is 11.6. The van der Waals surface area contributed by atoms with Crippen molar-refractivity contribution in [2.24, 2.45) is 17.6 Å². The van der Waals surface area contributed by atoms with E-state index in [1.165, 1.54) is 12.8 Å². The molecule has 3 heteroatoms. The van der Waals surface area contributed by atoms with E-state index in [-0.39, 0.29) is 17.9 Å². The second kappa shape index (κ2) is 5.00. The van der Waals surface area contributed by atoms with Crippen molar-refractivity contribution in [1.29, 1.82) is 0 Å². The SMILES string of the molecule is CC1CCC(NC(=O)C2C=CC(N)C2)CC1. The van der Waals surface area contributed by atoms with Crippen LogP contribution in [0.15, 0.2) is 12.2 Å². The Kier molecular flexibility index (Phi) is 3.64. The standard InChI is InChI=1S/C13H22N2O/c1-9-2-6-12(7-3-9)15-13(16)10-4-5-11(14)8-10/h4-5,9-12H,2-3,6-8,14H2,1H3,(H,15,16). The van der Waals surface area contributed by atoms with Crippen molar-refractivity contribution in [3.8, 4) is 0 Å². The number of carbonyl (C=O) groups excluding carboxylic acids is 1. The number of carbonyl (C=O) groups is 1. The predicted octanol–water partition coefficient (Wildman–Crippen LogP) is 1.58. The number of amides is 1. The van der Waals surface area contributed by atoms with Gasteiger partial charge in [-0.05, 0) is 38.0 Å². The Morgan fingerprint density at radius 3 is 2.50 bits per heavy atom. The Morgan fingerprint density at radius 1 is 1.25 bits per heavy atom. The average molecular weight is 222 g/mol. The maximum Gasteiger partial charge on any atom is 0.227 e. The van der Waals surface area contributed by atoms with Crippen molar-refractivity contribution < 1.29 is 4.79 Å². The molecule has 2 unspecified atom stereocenters. The molecule has 1 amide bonds. The molecule has 0 radical (unpaired) electrons. The molecule has 2 atom stereocenters. The molecule has 0 saturated heterocycles. The van der Waals surface area contributed by atoms with Gasteiger partial charge in [0.05, 0.1) is 5.92 Å². The van der Waals surface area contributed by atoms with E-state index in [1.54, 1.807) is 0 Å². The molecule has 1 saturated carbocycles. The van der Waals surface area contributed by atoms with E-state index in [2.05, 4.69) is 12.2 Å². The van der Waals surface area contributed by atoms with Gasteiger partial charge in [-0.1, -0.05) is 19.1 Å². The van der Waals surface area contributed by atoms with Crippen LogP contribution < -0.4 is 11.1 Å². The van der Waals surface area contributed by atoms with E-state index < -0.39 is 0 Å². The van der Waals surface area contributed by atoms with Gasteiger partial charge in [-0.25, -0.2) is 0 Å². The van der Waals surface area contributed by atoms with E-state index in [4.69, 9.17) is 5.73 Å². The zero-order chi connectivity index (χ0) is 11.5. The monoisotopic (exact) mass is 222 g/mol. The van der Waals surface area contributed by atoms with Crippen molar-refractivity contribution in [2.45, 2.75) is 51.1 Å². The quantitative estimate of drug-likeness (QED) is 0.697. The number of rotatable bonds is 2. The number of nitrogens with one attached hydrogen (secondary N) is 1. The summed E-state index contributed by atoms with van der Waals surface area (Å²) >= 11 is 0. The minimum absolute atomic E-state index is 0.00866. The van der Waals surface area contributed by atoms with Crippen LogP contribution in [0.4, 0.5) is 0 Å². The van der Waals surface area contributed by atoms with Crippen molar-refractivity contribution in [3.05, 3.63) is 12.2 Å². The molecule has 2 aliphatic carbocycles. The lowest BCUT2D eigenvalue weighted by molar-refractivity contribution is -0.124. The van der Waals surface area contributed by atoms with Crippen molar-refractivity contribution in [1.82, 2.24) is 5.32 Å². The maximum absolute atomic E-state index is 11.9. The fourth-order valence-electron chi connectivity index (χ4n) is 2.63. The van der Waals surface area contributed by atoms with E-state index in [0.29, 0.717) is 6.04 Å². The normalized spacial score (nSPS) is 38.6. The highest BCUT2D eigenvalue weighted by Crippen LogP contribution is 2.24. The van der Waals surface area contributed by atoms with Gasteiger partial charge in [0.25, 0.3) is 0 Å². The van der Waals surface area contributed by atoms with Gasteiger partial charge in [0.15, 0.2) is 0 Å². The fraction of sp³-hybridized carbons (Fsp3) is 0.769. The minimum atomic E-state index is 0.00866. The summed E-state index contributed by atoms with van der Waals surface area (Å²) in [7, 11) is 0. The molecule has 2 rings (SSSR count). The highest BCUT2D eigenvalue weighted by Gasteiger charge is 2.26. The lowest BCUT2D eigenvalue weighted by atomic mass is 9.87. The third-order valence-electron chi connectivity index (χ3n) is 3.82. The van der Waals surface area contributed by atoms with Gasteiger partial charge in [-0.3, -0.25) is 4.79 Å². The number of hydrogen-bond donors (Lipinski definition) is 2. The van der Waals surface area contributed by atoms with Gasteiger partial charge < -0.3 is 11.1 Å². The van der Waals surface area contributed by atoms with Crippen LogP contribution in [0.25, 0.3) is 0 Å². The lowest BCUT2D eigenvalue weighted by Gasteiger charge is -2.27. The van der Waals surface area contributed by atoms with E-state index in [9.17, 15) is 4.79 Å². The Bertz CT molecular complexity index is 280. The van der Waals surface area contributed by atoms with Crippen molar-refractivity contribution >= 4 is 5.91 Å². The second-order valence-electron chi connectivity index (χ2n) is 5.36. The third-order valence-corrected chi connectivity index (χ3v) is 3.82. The Hall–Kier alpha value is -0.830. The molecule has 0 spiro atoms. The van der Waals surface area contributed by atoms with Gasteiger partial charge in [0.2, 0.25) is 5.91 Å². The lowest BCUT2D eigenvalue weighted by Crippen LogP contribution is -2.40. The molecular weight excluding hydrogens is 200 g/mol. The summed E-state index contributed by atoms with van der Waals surface area (Å²) in [5.41, 5.74) is 5.75. The minimum Gasteiger partial charge on any atom is -0.353 e. The van der Waals surface area contributed by atoms with Crippen LogP contribution in [-0.2, 0) is 4.79 Å². The zero-order valence-corrected chi connectivity index (χ0v) is 9.99. The topological polar surface area (TPSA) is 55.1 Å². The average Bonchev–Trinajstić information content (AvgIpc) is 2.68. The predicted molar refractivity (Wildman–Crippen MR) is 64.8 cm³/mol. The van der Waals surface area contributed by atoms with E-state index in [1.807, 2.05) is 12.2 Å². The first-order chi connectivity index (χ1) is 7.65. The van der Waals surface area contributed by atoms with Crippen LogP contribution >= 0.6 is 0 Å². The smallest absolute Gasteiger partial charge is 0.227 e. The summed E-state index contributed by atoms with van der Waals surface area (Å²) in [5.74, 6) is 1.01. The molecule has 0 aromatic rings. The Morgan fingerprint density at radius 2 is 1.94 bits per heavy atom. The van der Waals surface area contributed by atoms with Crippen LogP contribution in [0.1, 0.15) is 39.0 Å². The molecular formula is C13H22N2O. The molecule has 0 bridgehead atoms. The Balaban J connectivity index is 1.77. The van der Waals surface area contributed by atoms with Gasteiger partial charge >= 0.3 is 0 Å². The number of nitrogens with two attached hydrogens (primary N) is 1. The first-order valence-corrected chi connectivity index (χ1v) is 6.39. The largest absolute Gasteiger partial charge is 0.353 e. The van der Waals surface area contributed by atoms with Crippen LogP contribution in [0, 0.1) is 11.8 Å². The van der Waals surface area contributed by atoms with E-state index in [0.717, 1.165) is 25.2 Å². The molecule has 3 nitrogen and oxygen atoms in total. The molecule has 2 aliphatic rings. The maximum atomic E-state index is 11.9. The fourth-order valence-corrected chi connectivity index (χ4v) is 2.63. The molecule has 0 aliphatic heterocycles. The molecule has 0 aromatic carbocycles. The highest BCUT2D eigenvalue weighted by atomic mass is 16.1. The molecule has 90 valence electrons. The van der Waals surface area contributed by atoms with Crippen LogP contribution in [-0.4, -0.2) is 18.0 Å². The summed E-state index contributed by atoms with van der Waals surface area (Å²) in [4.78, 5) is 11.9. The summed E-state index contributed by atoms with van der Waals surface area (Å²) in [5, 5.41) is 3.16. The third kappa shape index (κ3) is 2.85. The molecule has 1 fully saturated rings. The molecule has 16 heavy (non-hydrogen) atoms. The second-order valence-corrected chi connectivity index (χ2v) is 5.36. The van der Waals surface area contributed by atoms with E-state index >= 15 is 0 Å². The van der Waals surface area contributed by atoms with Gasteiger partial charge in [-0.15, -0.1) is 0 Å². The van der Waals surface area contributed by atoms with Crippen LogP contribution in [0.3, 0.4) is 0 Å². The van der Waals surface area contributed by atoms with Gasteiger partial charge in [0, 0.05) is 12.1 Å². The Labute approximate surface area is 97.5 Å².